The van der Waals surface area contributed by atoms with Gasteiger partial charge in [-0.05, 0) is 6.92 Å². The molecule has 0 saturated carbocycles. The summed E-state index contributed by atoms with van der Waals surface area (Å²) in [5.74, 6) is 0.744. The van der Waals surface area contributed by atoms with Gasteiger partial charge in [-0.25, -0.2) is 0 Å². The second-order valence-corrected chi connectivity index (χ2v) is 1.77. The molecule has 0 amide bonds. The maximum absolute atomic E-state index is 5.11. The number of hydrogen-bond acceptors (Lipinski definition) is 3. The van der Waals surface area contributed by atoms with Crippen LogP contribution >= 0.6 is 0 Å². The van der Waals surface area contributed by atoms with Gasteiger partial charge >= 0.3 is 0 Å². The molecule has 0 aliphatic carbocycles. The van der Waals surface area contributed by atoms with E-state index in [0.717, 1.165) is 18.9 Å². The van der Waals surface area contributed by atoms with Gasteiger partial charge in [-0.1, -0.05) is 0 Å². The highest BCUT2D eigenvalue weighted by Crippen LogP contribution is 1.88. The van der Waals surface area contributed by atoms with Gasteiger partial charge in [0.25, 0.3) is 0 Å². The fraction of sp³-hybridized carbons (Fsp3) is 0.857. The zero-order chi connectivity index (χ0) is 7.82. The lowest BCUT2D eigenvalue weighted by Gasteiger charge is -2.02. The van der Waals surface area contributed by atoms with Crippen molar-refractivity contribution in [1.82, 2.24) is 0 Å². The molecular formula is C7H15NO2. The maximum Gasteiger partial charge on any atom is 0.184 e. The molecule has 0 unspecified atom stereocenters. The standard InChI is InChI=1S/C7H15NO2/c1-4-10-6-5-7(8-2)9-3/h4-6H2,1-3H3. The van der Waals surface area contributed by atoms with Crippen LogP contribution in [0.4, 0.5) is 0 Å². The molecule has 0 fully saturated rings. The Kier molecular flexibility index (Phi) is 6.18. The van der Waals surface area contributed by atoms with E-state index in [1.165, 1.54) is 0 Å². The molecule has 10 heavy (non-hydrogen) atoms. The molecule has 0 saturated heterocycles. The van der Waals surface area contributed by atoms with E-state index in [1.807, 2.05) is 6.92 Å². The number of nitrogens with zero attached hydrogens (tertiary/aromatic N) is 1. The summed E-state index contributed by atoms with van der Waals surface area (Å²) in [6, 6.07) is 0. The Labute approximate surface area is 62.1 Å². The number of ether oxygens (including phenoxy) is 2. The molecule has 3 heteroatoms. The Morgan fingerprint density at radius 2 is 2.20 bits per heavy atom. The van der Waals surface area contributed by atoms with Crippen LogP contribution in [0.2, 0.25) is 0 Å². The summed E-state index contributed by atoms with van der Waals surface area (Å²) in [5.41, 5.74) is 0. The smallest absolute Gasteiger partial charge is 0.184 e. The number of rotatable bonds is 4. The van der Waals surface area contributed by atoms with E-state index in [4.69, 9.17) is 9.47 Å². The minimum atomic E-state index is 0.691. The third-order valence-corrected chi connectivity index (χ3v) is 1.15. The Morgan fingerprint density at radius 3 is 2.60 bits per heavy atom. The van der Waals surface area contributed by atoms with Gasteiger partial charge in [0.2, 0.25) is 0 Å². The molecule has 0 N–H and O–H groups in total. The van der Waals surface area contributed by atoms with Crippen molar-refractivity contribution in [2.45, 2.75) is 13.3 Å². The van der Waals surface area contributed by atoms with E-state index in [2.05, 4.69) is 4.99 Å². The molecule has 3 nitrogen and oxygen atoms in total. The molecule has 0 aromatic rings. The lowest BCUT2D eigenvalue weighted by molar-refractivity contribution is 0.151. The summed E-state index contributed by atoms with van der Waals surface area (Å²) in [4.78, 5) is 3.89. The predicted octanol–water partition coefficient (Wildman–Crippen LogP) is 1.09. The highest BCUT2D eigenvalue weighted by Gasteiger charge is 1.94. The van der Waals surface area contributed by atoms with Crippen LogP contribution < -0.4 is 0 Å². The Balaban J connectivity index is 3.27. The Hall–Kier alpha value is -0.570. The summed E-state index contributed by atoms with van der Waals surface area (Å²) in [5, 5.41) is 0. The van der Waals surface area contributed by atoms with Crippen molar-refractivity contribution in [3.8, 4) is 0 Å². The monoisotopic (exact) mass is 145 g/mol. The molecule has 0 aromatic heterocycles. The Bertz CT molecular complexity index is 102. The van der Waals surface area contributed by atoms with Gasteiger partial charge in [0.05, 0.1) is 13.7 Å². The van der Waals surface area contributed by atoms with Crippen molar-refractivity contribution in [2.24, 2.45) is 4.99 Å². The van der Waals surface area contributed by atoms with Crippen LogP contribution in [0.3, 0.4) is 0 Å². The third-order valence-electron chi connectivity index (χ3n) is 1.15. The van der Waals surface area contributed by atoms with E-state index in [-0.39, 0.29) is 0 Å². The van der Waals surface area contributed by atoms with Crippen LogP contribution in [0.25, 0.3) is 0 Å². The zero-order valence-corrected chi connectivity index (χ0v) is 6.89. The van der Waals surface area contributed by atoms with Gasteiger partial charge in [-0.2, -0.15) is 0 Å². The van der Waals surface area contributed by atoms with Crippen LogP contribution in [0.15, 0.2) is 4.99 Å². The van der Waals surface area contributed by atoms with E-state index >= 15 is 0 Å². The average molecular weight is 145 g/mol. The summed E-state index contributed by atoms with van der Waals surface area (Å²) in [7, 11) is 3.33. The van der Waals surface area contributed by atoms with Crippen molar-refractivity contribution in [3.63, 3.8) is 0 Å². The van der Waals surface area contributed by atoms with Crippen molar-refractivity contribution in [2.75, 3.05) is 27.4 Å². The molecule has 0 aliphatic heterocycles. The first kappa shape index (κ1) is 9.43. The normalized spacial score (nSPS) is 11.7. The van der Waals surface area contributed by atoms with E-state index < -0.39 is 0 Å². The lowest BCUT2D eigenvalue weighted by atomic mass is 10.4. The fourth-order valence-electron chi connectivity index (χ4n) is 0.609. The molecule has 0 rings (SSSR count). The van der Waals surface area contributed by atoms with E-state index in [1.54, 1.807) is 14.2 Å². The zero-order valence-electron chi connectivity index (χ0n) is 6.89. The minimum Gasteiger partial charge on any atom is -0.484 e. The molecule has 0 aromatic carbocycles. The topological polar surface area (TPSA) is 30.8 Å². The number of aliphatic imine (C=N–C) groups is 1. The van der Waals surface area contributed by atoms with E-state index in [0.29, 0.717) is 6.61 Å². The van der Waals surface area contributed by atoms with Crippen LogP contribution in [0.5, 0.6) is 0 Å². The minimum absolute atomic E-state index is 0.691. The van der Waals surface area contributed by atoms with Crippen molar-refractivity contribution in [1.29, 1.82) is 0 Å². The first-order valence-corrected chi connectivity index (χ1v) is 3.42. The molecule has 0 radical (unpaired) electrons. The largest absolute Gasteiger partial charge is 0.484 e. The van der Waals surface area contributed by atoms with E-state index in [9.17, 15) is 0 Å². The second-order valence-electron chi connectivity index (χ2n) is 1.77. The fourth-order valence-corrected chi connectivity index (χ4v) is 0.609. The van der Waals surface area contributed by atoms with Gasteiger partial charge in [0.1, 0.15) is 0 Å². The molecule has 0 bridgehead atoms. The summed E-state index contributed by atoms with van der Waals surface area (Å²) in [6.45, 7) is 3.41. The van der Waals surface area contributed by atoms with Crippen molar-refractivity contribution in [3.05, 3.63) is 0 Å². The van der Waals surface area contributed by atoms with Gasteiger partial charge < -0.3 is 9.47 Å². The first-order chi connectivity index (χ1) is 4.85. The van der Waals surface area contributed by atoms with Crippen LogP contribution in [-0.4, -0.2) is 33.3 Å². The highest BCUT2D eigenvalue weighted by atomic mass is 16.5. The highest BCUT2D eigenvalue weighted by molar-refractivity contribution is 5.75. The second kappa shape index (κ2) is 6.55. The maximum atomic E-state index is 5.11. The van der Waals surface area contributed by atoms with Gasteiger partial charge in [0, 0.05) is 20.1 Å². The number of methoxy groups -OCH3 is 1. The predicted molar refractivity (Wildman–Crippen MR) is 41.5 cm³/mol. The quantitative estimate of drug-likeness (QED) is 0.337. The van der Waals surface area contributed by atoms with Crippen molar-refractivity contribution < 1.29 is 9.47 Å². The van der Waals surface area contributed by atoms with Crippen LogP contribution in [-0.2, 0) is 9.47 Å². The SMILES string of the molecule is CCOCCC(=NC)OC. The summed E-state index contributed by atoms with van der Waals surface area (Å²) < 4.78 is 10.0. The summed E-state index contributed by atoms with van der Waals surface area (Å²) in [6.07, 6.45) is 0.765. The third kappa shape index (κ3) is 4.32. The average Bonchev–Trinajstić information content (AvgIpc) is 1.99. The van der Waals surface area contributed by atoms with Gasteiger partial charge in [-0.3, -0.25) is 4.99 Å². The summed E-state index contributed by atoms with van der Waals surface area (Å²) >= 11 is 0. The molecule has 60 valence electrons. The molecule has 0 atom stereocenters. The van der Waals surface area contributed by atoms with Gasteiger partial charge in [-0.15, -0.1) is 0 Å². The molecular weight excluding hydrogens is 130 g/mol. The van der Waals surface area contributed by atoms with Crippen LogP contribution in [0.1, 0.15) is 13.3 Å². The first-order valence-electron chi connectivity index (χ1n) is 3.42. The van der Waals surface area contributed by atoms with Crippen LogP contribution in [0, 0.1) is 0 Å². The molecule has 0 aliphatic rings. The Morgan fingerprint density at radius 1 is 1.50 bits per heavy atom. The van der Waals surface area contributed by atoms with Crippen molar-refractivity contribution >= 4 is 5.90 Å². The molecule has 0 heterocycles. The lowest BCUT2D eigenvalue weighted by Crippen LogP contribution is -2.05. The molecule has 0 spiro atoms. The van der Waals surface area contributed by atoms with Gasteiger partial charge in [0.15, 0.2) is 5.90 Å². The number of hydrogen-bond donors (Lipinski definition) is 0.